The van der Waals surface area contributed by atoms with E-state index in [-0.39, 0.29) is 18.1 Å². The molecule has 1 aromatic rings. The summed E-state index contributed by atoms with van der Waals surface area (Å²) in [4.78, 5) is 26.8. The molecule has 1 aromatic heterocycles. The molecular formula is C17H25N3O4. The smallest absolute Gasteiger partial charge is 0.359 e. The van der Waals surface area contributed by atoms with Crippen LogP contribution in [0.3, 0.4) is 0 Å². The standard InChI is InChI=1S/C17H25N3O4/c1-2-24-17(22)16-15-13(5-3-6-14(15)21)20(18-16)8-4-7-19-9-11-23-12-10-19/h2-12H2,1H3. The Kier molecular flexibility index (Phi) is 5.63. The number of hydrogen-bond donors (Lipinski definition) is 0. The second-order valence-electron chi connectivity index (χ2n) is 6.20. The quantitative estimate of drug-likeness (QED) is 0.730. The van der Waals surface area contributed by atoms with Crippen LogP contribution in [0.15, 0.2) is 0 Å². The summed E-state index contributed by atoms with van der Waals surface area (Å²) in [7, 11) is 0. The van der Waals surface area contributed by atoms with Gasteiger partial charge in [-0.2, -0.15) is 5.10 Å². The number of ketones is 1. The zero-order chi connectivity index (χ0) is 16.9. The Bertz CT molecular complexity index is 605. The number of aromatic nitrogens is 2. The summed E-state index contributed by atoms with van der Waals surface area (Å²) in [6.07, 6.45) is 3.04. The minimum atomic E-state index is -0.490. The lowest BCUT2D eigenvalue weighted by atomic mass is 9.94. The molecule has 0 atom stereocenters. The van der Waals surface area contributed by atoms with Crippen LogP contribution < -0.4 is 0 Å². The molecule has 0 N–H and O–H groups in total. The van der Waals surface area contributed by atoms with Crippen LogP contribution in [-0.4, -0.2) is 65.9 Å². The number of Topliss-reactive ketones (excluding diaryl/α,β-unsaturated/α-hetero) is 1. The maximum atomic E-state index is 12.3. The van der Waals surface area contributed by atoms with Gasteiger partial charge in [0, 0.05) is 32.6 Å². The van der Waals surface area contributed by atoms with Crippen molar-refractivity contribution in [3.05, 3.63) is 17.0 Å². The second-order valence-corrected chi connectivity index (χ2v) is 6.20. The lowest BCUT2D eigenvalue weighted by molar-refractivity contribution is 0.0367. The number of hydrogen-bond acceptors (Lipinski definition) is 6. The molecule has 7 heteroatoms. The Morgan fingerprint density at radius 3 is 2.79 bits per heavy atom. The van der Waals surface area contributed by atoms with Crippen molar-refractivity contribution in [3.8, 4) is 0 Å². The van der Waals surface area contributed by atoms with E-state index in [2.05, 4.69) is 10.00 Å². The third-order valence-corrected chi connectivity index (χ3v) is 4.57. The lowest BCUT2D eigenvalue weighted by Crippen LogP contribution is -2.37. The van der Waals surface area contributed by atoms with E-state index in [0.717, 1.165) is 57.8 Å². The highest BCUT2D eigenvalue weighted by molar-refractivity contribution is 6.06. The van der Waals surface area contributed by atoms with Crippen molar-refractivity contribution in [1.29, 1.82) is 0 Å². The van der Waals surface area contributed by atoms with Crippen molar-refractivity contribution in [2.75, 3.05) is 39.5 Å². The summed E-state index contributed by atoms with van der Waals surface area (Å²) in [6, 6.07) is 0. The molecule has 0 saturated carbocycles. The fraction of sp³-hybridized carbons (Fsp3) is 0.706. The number of aryl methyl sites for hydroxylation is 1. The Morgan fingerprint density at radius 2 is 2.04 bits per heavy atom. The summed E-state index contributed by atoms with van der Waals surface area (Å²) in [5, 5.41) is 4.42. The summed E-state index contributed by atoms with van der Waals surface area (Å²) in [5.74, 6) is -0.477. The summed E-state index contributed by atoms with van der Waals surface area (Å²) >= 11 is 0. The number of morpholine rings is 1. The van der Waals surface area contributed by atoms with Gasteiger partial charge in [-0.05, 0) is 26.2 Å². The monoisotopic (exact) mass is 335 g/mol. The van der Waals surface area contributed by atoms with E-state index in [1.165, 1.54) is 0 Å². The molecule has 1 aliphatic heterocycles. The van der Waals surface area contributed by atoms with Crippen LogP contribution in [0.2, 0.25) is 0 Å². The number of carbonyl (C=O) groups is 2. The molecule has 0 bridgehead atoms. The maximum Gasteiger partial charge on any atom is 0.359 e. The maximum absolute atomic E-state index is 12.3. The number of fused-ring (bicyclic) bond motifs is 1. The topological polar surface area (TPSA) is 73.7 Å². The highest BCUT2D eigenvalue weighted by Gasteiger charge is 2.30. The van der Waals surface area contributed by atoms with E-state index in [1.54, 1.807) is 6.92 Å². The van der Waals surface area contributed by atoms with Crippen molar-refractivity contribution in [1.82, 2.24) is 14.7 Å². The molecule has 0 aromatic carbocycles. The molecule has 0 radical (unpaired) electrons. The predicted octanol–water partition coefficient (Wildman–Crippen LogP) is 1.30. The van der Waals surface area contributed by atoms with Crippen molar-refractivity contribution in [3.63, 3.8) is 0 Å². The van der Waals surface area contributed by atoms with Crippen LogP contribution in [0.5, 0.6) is 0 Å². The van der Waals surface area contributed by atoms with Gasteiger partial charge >= 0.3 is 5.97 Å². The molecular weight excluding hydrogens is 310 g/mol. The van der Waals surface area contributed by atoms with Gasteiger partial charge in [0.05, 0.1) is 31.1 Å². The molecule has 0 spiro atoms. The van der Waals surface area contributed by atoms with Gasteiger partial charge in [0.2, 0.25) is 0 Å². The average molecular weight is 335 g/mol. The van der Waals surface area contributed by atoms with E-state index in [9.17, 15) is 9.59 Å². The highest BCUT2D eigenvalue weighted by Crippen LogP contribution is 2.25. The average Bonchev–Trinajstić information content (AvgIpc) is 2.97. The molecule has 7 nitrogen and oxygen atoms in total. The molecule has 0 unspecified atom stereocenters. The van der Waals surface area contributed by atoms with Crippen molar-refractivity contribution in [2.45, 2.75) is 39.2 Å². The molecule has 2 aliphatic rings. The largest absolute Gasteiger partial charge is 0.461 e. The number of rotatable bonds is 6. The fourth-order valence-electron chi connectivity index (χ4n) is 3.38. The molecule has 1 aliphatic carbocycles. The first kappa shape index (κ1) is 17.1. The van der Waals surface area contributed by atoms with E-state index < -0.39 is 5.97 Å². The fourth-order valence-corrected chi connectivity index (χ4v) is 3.38. The zero-order valence-corrected chi connectivity index (χ0v) is 14.3. The number of ether oxygens (including phenoxy) is 2. The van der Waals surface area contributed by atoms with Gasteiger partial charge in [-0.3, -0.25) is 14.4 Å². The van der Waals surface area contributed by atoms with Crippen LogP contribution in [-0.2, 0) is 22.4 Å². The normalized spacial score (nSPS) is 18.5. The SMILES string of the molecule is CCOC(=O)c1nn(CCCN2CCOCC2)c2c1C(=O)CCC2. The minimum absolute atomic E-state index is 0.0127. The Balaban J connectivity index is 1.71. The van der Waals surface area contributed by atoms with Crippen molar-refractivity contribution >= 4 is 11.8 Å². The van der Waals surface area contributed by atoms with Gasteiger partial charge in [0.25, 0.3) is 0 Å². The van der Waals surface area contributed by atoms with Gasteiger partial charge in [-0.25, -0.2) is 4.79 Å². The molecule has 132 valence electrons. The lowest BCUT2D eigenvalue weighted by Gasteiger charge is -2.26. The molecule has 3 rings (SSSR count). The van der Waals surface area contributed by atoms with E-state index in [4.69, 9.17) is 9.47 Å². The van der Waals surface area contributed by atoms with Crippen LogP contribution in [0.25, 0.3) is 0 Å². The van der Waals surface area contributed by atoms with Crippen molar-refractivity contribution < 1.29 is 19.1 Å². The summed E-state index contributed by atoms with van der Waals surface area (Å²) in [6.45, 7) is 7.23. The number of esters is 1. The second kappa shape index (κ2) is 7.90. The highest BCUT2D eigenvalue weighted by atomic mass is 16.5. The van der Waals surface area contributed by atoms with Gasteiger partial charge in [0.15, 0.2) is 11.5 Å². The molecule has 24 heavy (non-hydrogen) atoms. The number of carbonyl (C=O) groups excluding carboxylic acids is 2. The van der Waals surface area contributed by atoms with Gasteiger partial charge in [-0.1, -0.05) is 0 Å². The zero-order valence-electron chi connectivity index (χ0n) is 14.3. The van der Waals surface area contributed by atoms with Crippen LogP contribution in [0.1, 0.15) is 52.7 Å². The van der Waals surface area contributed by atoms with E-state index >= 15 is 0 Å². The van der Waals surface area contributed by atoms with Crippen LogP contribution >= 0.6 is 0 Å². The molecule has 0 amide bonds. The van der Waals surface area contributed by atoms with Gasteiger partial charge in [-0.15, -0.1) is 0 Å². The third-order valence-electron chi connectivity index (χ3n) is 4.57. The van der Waals surface area contributed by atoms with Crippen LogP contribution in [0.4, 0.5) is 0 Å². The van der Waals surface area contributed by atoms with E-state index in [0.29, 0.717) is 18.5 Å². The number of nitrogens with zero attached hydrogens (tertiary/aromatic N) is 3. The summed E-state index contributed by atoms with van der Waals surface area (Å²) < 4.78 is 12.3. The van der Waals surface area contributed by atoms with Crippen molar-refractivity contribution in [2.24, 2.45) is 0 Å². The summed E-state index contributed by atoms with van der Waals surface area (Å²) in [5.41, 5.74) is 1.59. The molecule has 1 fully saturated rings. The van der Waals surface area contributed by atoms with E-state index in [1.807, 2.05) is 4.68 Å². The first-order chi connectivity index (χ1) is 11.7. The first-order valence-electron chi connectivity index (χ1n) is 8.80. The molecule has 2 heterocycles. The predicted molar refractivity (Wildman–Crippen MR) is 87.3 cm³/mol. The molecule has 1 saturated heterocycles. The Hall–Kier alpha value is -1.73. The Labute approximate surface area is 141 Å². The Morgan fingerprint density at radius 1 is 1.25 bits per heavy atom. The van der Waals surface area contributed by atoms with Gasteiger partial charge in [0.1, 0.15) is 0 Å². The first-order valence-corrected chi connectivity index (χ1v) is 8.80. The van der Waals surface area contributed by atoms with Gasteiger partial charge < -0.3 is 9.47 Å². The van der Waals surface area contributed by atoms with Crippen LogP contribution in [0, 0.1) is 0 Å². The third kappa shape index (κ3) is 3.67. The minimum Gasteiger partial charge on any atom is -0.461 e.